The Morgan fingerprint density at radius 3 is 2.65 bits per heavy atom. The Labute approximate surface area is 124 Å². The molecule has 0 fully saturated rings. The van der Waals surface area contributed by atoms with E-state index < -0.39 is 0 Å². The summed E-state index contributed by atoms with van der Waals surface area (Å²) >= 11 is 6.01. The number of rotatable bonds is 6. The third-order valence-electron chi connectivity index (χ3n) is 3.27. The predicted molar refractivity (Wildman–Crippen MR) is 83.0 cm³/mol. The molecule has 3 nitrogen and oxygen atoms in total. The molecule has 2 aromatic carbocycles. The molecule has 0 amide bonds. The zero-order valence-corrected chi connectivity index (χ0v) is 12.2. The lowest BCUT2D eigenvalue weighted by Crippen LogP contribution is -2.38. The van der Waals surface area contributed by atoms with E-state index in [-0.39, 0.29) is 6.04 Å². The summed E-state index contributed by atoms with van der Waals surface area (Å²) in [6, 6.07) is 16.0. The van der Waals surface area contributed by atoms with Crippen molar-refractivity contribution >= 4 is 11.6 Å². The molecule has 0 heterocycles. The van der Waals surface area contributed by atoms with Gasteiger partial charge in [-0.25, -0.2) is 0 Å². The maximum absolute atomic E-state index is 6.01. The van der Waals surface area contributed by atoms with Crippen molar-refractivity contribution < 1.29 is 4.74 Å². The van der Waals surface area contributed by atoms with Gasteiger partial charge in [0.25, 0.3) is 0 Å². The summed E-state index contributed by atoms with van der Waals surface area (Å²) in [5.74, 6) is 6.56. The van der Waals surface area contributed by atoms with E-state index in [0.717, 1.165) is 34.7 Å². The second-order valence-electron chi connectivity index (χ2n) is 4.71. The highest BCUT2D eigenvalue weighted by Gasteiger charge is 2.12. The molecular formula is C16H19ClN2O. The quantitative estimate of drug-likeness (QED) is 0.635. The molecule has 4 heteroatoms. The first-order chi connectivity index (χ1) is 9.72. The predicted octanol–water partition coefficient (Wildman–Crippen LogP) is 2.97. The SMILES string of the molecule is COc1ccccc1CC(Cc1cccc(Cl)c1)NN. The van der Waals surface area contributed by atoms with Crippen LogP contribution in [-0.4, -0.2) is 13.2 Å². The highest BCUT2D eigenvalue weighted by molar-refractivity contribution is 6.30. The van der Waals surface area contributed by atoms with Crippen LogP contribution < -0.4 is 16.0 Å². The minimum Gasteiger partial charge on any atom is -0.496 e. The van der Waals surface area contributed by atoms with Crippen LogP contribution in [0.3, 0.4) is 0 Å². The molecule has 0 spiro atoms. The van der Waals surface area contributed by atoms with Crippen LogP contribution in [0.2, 0.25) is 5.02 Å². The van der Waals surface area contributed by atoms with Crippen LogP contribution in [0.25, 0.3) is 0 Å². The van der Waals surface area contributed by atoms with Crippen LogP contribution in [-0.2, 0) is 12.8 Å². The van der Waals surface area contributed by atoms with Gasteiger partial charge in [-0.05, 0) is 42.2 Å². The zero-order valence-electron chi connectivity index (χ0n) is 11.5. The van der Waals surface area contributed by atoms with Gasteiger partial charge in [0.15, 0.2) is 0 Å². The molecule has 20 heavy (non-hydrogen) atoms. The maximum atomic E-state index is 6.01. The average Bonchev–Trinajstić information content (AvgIpc) is 2.47. The van der Waals surface area contributed by atoms with Crippen molar-refractivity contribution in [2.75, 3.05) is 7.11 Å². The fourth-order valence-electron chi connectivity index (χ4n) is 2.28. The van der Waals surface area contributed by atoms with E-state index in [9.17, 15) is 0 Å². The maximum Gasteiger partial charge on any atom is 0.122 e. The minimum atomic E-state index is 0.129. The molecule has 0 aliphatic carbocycles. The van der Waals surface area contributed by atoms with Crippen LogP contribution in [0.1, 0.15) is 11.1 Å². The van der Waals surface area contributed by atoms with E-state index in [1.807, 2.05) is 36.4 Å². The van der Waals surface area contributed by atoms with Crippen molar-refractivity contribution in [2.45, 2.75) is 18.9 Å². The standard InChI is InChI=1S/C16H19ClN2O/c1-20-16-8-3-2-6-13(16)11-15(19-18)10-12-5-4-7-14(17)9-12/h2-9,15,19H,10-11,18H2,1H3. The monoisotopic (exact) mass is 290 g/mol. The molecular weight excluding hydrogens is 272 g/mol. The fraction of sp³-hybridized carbons (Fsp3) is 0.250. The normalized spacial score (nSPS) is 12.2. The van der Waals surface area contributed by atoms with E-state index in [1.165, 1.54) is 0 Å². The number of hydrazine groups is 1. The van der Waals surface area contributed by atoms with Gasteiger partial charge in [0, 0.05) is 11.1 Å². The molecule has 0 bridgehead atoms. The number of methoxy groups -OCH3 is 1. The van der Waals surface area contributed by atoms with Gasteiger partial charge in [-0.2, -0.15) is 0 Å². The van der Waals surface area contributed by atoms with E-state index in [4.69, 9.17) is 22.2 Å². The highest BCUT2D eigenvalue weighted by atomic mass is 35.5. The zero-order chi connectivity index (χ0) is 14.4. The smallest absolute Gasteiger partial charge is 0.122 e. The third kappa shape index (κ3) is 3.97. The van der Waals surface area contributed by atoms with Crippen molar-refractivity contribution in [3.8, 4) is 5.75 Å². The summed E-state index contributed by atoms with van der Waals surface area (Å²) in [6.45, 7) is 0. The summed E-state index contributed by atoms with van der Waals surface area (Å²) in [4.78, 5) is 0. The molecule has 0 saturated carbocycles. The Morgan fingerprint density at radius 2 is 1.95 bits per heavy atom. The Bertz CT molecular complexity index is 560. The number of benzene rings is 2. The van der Waals surface area contributed by atoms with Gasteiger partial charge >= 0.3 is 0 Å². The minimum absolute atomic E-state index is 0.129. The number of nitrogens with two attached hydrogens (primary N) is 1. The van der Waals surface area contributed by atoms with Crippen LogP contribution in [0.15, 0.2) is 48.5 Å². The highest BCUT2D eigenvalue weighted by Crippen LogP contribution is 2.20. The topological polar surface area (TPSA) is 47.3 Å². The average molecular weight is 291 g/mol. The van der Waals surface area contributed by atoms with Crippen molar-refractivity contribution in [3.05, 3.63) is 64.7 Å². The van der Waals surface area contributed by atoms with Gasteiger partial charge in [-0.3, -0.25) is 11.3 Å². The van der Waals surface area contributed by atoms with Crippen LogP contribution in [0.4, 0.5) is 0 Å². The van der Waals surface area contributed by atoms with E-state index >= 15 is 0 Å². The lowest BCUT2D eigenvalue weighted by molar-refractivity contribution is 0.404. The largest absolute Gasteiger partial charge is 0.496 e. The number of ether oxygens (including phenoxy) is 1. The number of nitrogens with one attached hydrogen (secondary N) is 1. The molecule has 2 aromatic rings. The summed E-state index contributed by atoms with van der Waals surface area (Å²) < 4.78 is 5.37. The molecule has 3 N–H and O–H groups in total. The number of hydrogen-bond acceptors (Lipinski definition) is 3. The summed E-state index contributed by atoms with van der Waals surface area (Å²) in [5, 5.41) is 0.746. The van der Waals surface area contributed by atoms with Gasteiger partial charge in [-0.1, -0.05) is 41.9 Å². The first kappa shape index (κ1) is 14.9. The summed E-state index contributed by atoms with van der Waals surface area (Å²) in [5.41, 5.74) is 5.17. The molecule has 1 unspecified atom stereocenters. The summed E-state index contributed by atoms with van der Waals surface area (Å²) in [7, 11) is 1.68. The first-order valence-electron chi connectivity index (χ1n) is 6.55. The molecule has 0 aliphatic rings. The Morgan fingerprint density at radius 1 is 1.15 bits per heavy atom. The second kappa shape index (κ2) is 7.29. The van der Waals surface area contributed by atoms with Crippen LogP contribution >= 0.6 is 11.6 Å². The number of para-hydroxylation sites is 1. The Balaban J connectivity index is 2.09. The molecule has 2 rings (SSSR count). The first-order valence-corrected chi connectivity index (χ1v) is 6.93. The van der Waals surface area contributed by atoms with E-state index in [2.05, 4.69) is 17.6 Å². The molecule has 0 aliphatic heterocycles. The number of hydrogen-bond donors (Lipinski definition) is 2. The van der Waals surface area contributed by atoms with E-state index in [1.54, 1.807) is 7.11 Å². The van der Waals surface area contributed by atoms with Crippen molar-refractivity contribution in [2.24, 2.45) is 5.84 Å². The van der Waals surface area contributed by atoms with Gasteiger partial charge in [0.2, 0.25) is 0 Å². The van der Waals surface area contributed by atoms with Crippen molar-refractivity contribution in [3.63, 3.8) is 0 Å². The van der Waals surface area contributed by atoms with Gasteiger partial charge in [0.05, 0.1) is 7.11 Å². The lowest BCUT2D eigenvalue weighted by atomic mass is 9.99. The number of halogens is 1. The molecule has 1 atom stereocenters. The van der Waals surface area contributed by atoms with E-state index in [0.29, 0.717) is 0 Å². The Kier molecular flexibility index (Phi) is 5.41. The summed E-state index contributed by atoms with van der Waals surface area (Å²) in [6.07, 6.45) is 1.61. The van der Waals surface area contributed by atoms with Crippen molar-refractivity contribution in [1.82, 2.24) is 5.43 Å². The molecule has 106 valence electrons. The van der Waals surface area contributed by atoms with Crippen molar-refractivity contribution in [1.29, 1.82) is 0 Å². The second-order valence-corrected chi connectivity index (χ2v) is 5.15. The van der Waals surface area contributed by atoms with Gasteiger partial charge in [0.1, 0.15) is 5.75 Å². The molecule has 0 radical (unpaired) electrons. The lowest BCUT2D eigenvalue weighted by Gasteiger charge is -2.17. The van der Waals surface area contributed by atoms with Crippen LogP contribution in [0, 0.1) is 0 Å². The van der Waals surface area contributed by atoms with Gasteiger partial charge < -0.3 is 4.74 Å². The Hall–Kier alpha value is -1.55. The van der Waals surface area contributed by atoms with Crippen LogP contribution in [0.5, 0.6) is 5.75 Å². The fourth-order valence-corrected chi connectivity index (χ4v) is 2.49. The van der Waals surface area contributed by atoms with Gasteiger partial charge in [-0.15, -0.1) is 0 Å². The molecule has 0 saturated heterocycles. The third-order valence-corrected chi connectivity index (χ3v) is 3.50. The molecule has 0 aromatic heterocycles.